The highest BCUT2D eigenvalue weighted by Crippen LogP contribution is 2.29. The molecule has 0 saturated carbocycles. The van der Waals surface area contributed by atoms with Gasteiger partial charge in [-0.25, -0.2) is 0 Å². The minimum atomic E-state index is -4.11. The maximum atomic E-state index is 12.2. The average molecular weight is 249 g/mol. The summed E-state index contributed by atoms with van der Waals surface area (Å²) in [5.41, 5.74) is 0.822. The van der Waals surface area contributed by atoms with Gasteiger partial charge in [-0.05, 0) is 32.4 Å². The fourth-order valence-corrected chi connectivity index (χ4v) is 1.75. The van der Waals surface area contributed by atoms with Crippen LogP contribution in [0.4, 0.5) is 13.2 Å². The SMILES string of the molecule is CCCNC(CCC(F)(F)F)c1ccoc1C. The molecule has 1 rings (SSSR count). The Hall–Kier alpha value is -0.970. The first-order valence-electron chi connectivity index (χ1n) is 5.78. The van der Waals surface area contributed by atoms with Gasteiger partial charge >= 0.3 is 6.18 Å². The van der Waals surface area contributed by atoms with Crippen molar-refractivity contribution in [3.05, 3.63) is 23.7 Å². The lowest BCUT2D eigenvalue weighted by molar-refractivity contribution is -0.136. The molecule has 5 heteroatoms. The largest absolute Gasteiger partial charge is 0.469 e. The van der Waals surface area contributed by atoms with Gasteiger partial charge in [0.05, 0.1) is 6.26 Å². The third-order valence-corrected chi connectivity index (χ3v) is 2.63. The molecule has 0 bridgehead atoms. The predicted molar refractivity (Wildman–Crippen MR) is 59.8 cm³/mol. The van der Waals surface area contributed by atoms with Crippen LogP contribution >= 0.6 is 0 Å². The van der Waals surface area contributed by atoms with E-state index in [1.807, 2.05) is 6.92 Å². The fourth-order valence-electron chi connectivity index (χ4n) is 1.75. The topological polar surface area (TPSA) is 25.2 Å². The van der Waals surface area contributed by atoms with Crippen LogP contribution in [-0.2, 0) is 0 Å². The molecule has 1 aromatic rings. The number of halogens is 3. The van der Waals surface area contributed by atoms with Gasteiger partial charge in [-0.2, -0.15) is 13.2 Å². The molecule has 17 heavy (non-hydrogen) atoms. The van der Waals surface area contributed by atoms with E-state index in [0.29, 0.717) is 12.3 Å². The minimum absolute atomic E-state index is 0.0455. The van der Waals surface area contributed by atoms with E-state index in [0.717, 1.165) is 12.0 Å². The molecule has 0 aliphatic carbocycles. The van der Waals surface area contributed by atoms with Crippen LogP contribution in [-0.4, -0.2) is 12.7 Å². The summed E-state index contributed by atoms with van der Waals surface area (Å²) in [4.78, 5) is 0. The van der Waals surface area contributed by atoms with Crippen LogP contribution in [0.15, 0.2) is 16.7 Å². The summed E-state index contributed by atoms with van der Waals surface area (Å²) in [6.45, 7) is 4.45. The summed E-state index contributed by atoms with van der Waals surface area (Å²) in [7, 11) is 0. The van der Waals surface area contributed by atoms with Crippen molar-refractivity contribution in [2.45, 2.75) is 45.3 Å². The van der Waals surface area contributed by atoms with E-state index in [1.165, 1.54) is 6.26 Å². The molecule has 1 heterocycles. The lowest BCUT2D eigenvalue weighted by Gasteiger charge is -2.18. The molecule has 0 aliphatic heterocycles. The van der Waals surface area contributed by atoms with Crippen molar-refractivity contribution >= 4 is 0 Å². The van der Waals surface area contributed by atoms with Crippen LogP contribution in [0.3, 0.4) is 0 Å². The Kier molecular flexibility index (Phi) is 5.05. The van der Waals surface area contributed by atoms with E-state index in [4.69, 9.17) is 4.42 Å². The van der Waals surface area contributed by atoms with Crippen LogP contribution in [0.1, 0.15) is 43.6 Å². The number of hydrogen-bond acceptors (Lipinski definition) is 2. The summed E-state index contributed by atoms with van der Waals surface area (Å²) in [6.07, 6.45) is -2.44. The second-order valence-corrected chi connectivity index (χ2v) is 4.09. The summed E-state index contributed by atoms with van der Waals surface area (Å²) in [5.74, 6) is 0.681. The summed E-state index contributed by atoms with van der Waals surface area (Å²) < 4.78 is 41.8. The zero-order valence-corrected chi connectivity index (χ0v) is 10.1. The molecule has 0 aliphatic rings. The summed E-state index contributed by atoms with van der Waals surface area (Å²) in [6, 6.07) is 1.45. The highest BCUT2D eigenvalue weighted by molar-refractivity contribution is 5.20. The van der Waals surface area contributed by atoms with Gasteiger partial charge in [0.2, 0.25) is 0 Å². The predicted octanol–water partition coefficient (Wildman–Crippen LogP) is 3.97. The zero-order valence-electron chi connectivity index (χ0n) is 10.1. The number of rotatable bonds is 6. The van der Waals surface area contributed by atoms with E-state index in [9.17, 15) is 13.2 Å². The monoisotopic (exact) mass is 249 g/mol. The molecule has 0 amide bonds. The van der Waals surface area contributed by atoms with Crippen molar-refractivity contribution < 1.29 is 17.6 Å². The first-order chi connectivity index (χ1) is 7.94. The highest BCUT2D eigenvalue weighted by atomic mass is 19.4. The second-order valence-electron chi connectivity index (χ2n) is 4.09. The third kappa shape index (κ3) is 4.81. The molecule has 1 N–H and O–H groups in total. The summed E-state index contributed by atoms with van der Waals surface area (Å²) in [5, 5.41) is 3.13. The average Bonchev–Trinajstić information content (AvgIpc) is 2.63. The standard InChI is InChI=1S/C12H18F3NO/c1-3-7-16-11(4-6-12(13,14)15)10-5-8-17-9(10)2/h5,8,11,16H,3-4,6-7H2,1-2H3. The van der Waals surface area contributed by atoms with Gasteiger partial charge in [0.15, 0.2) is 0 Å². The maximum absolute atomic E-state index is 12.2. The fraction of sp³-hybridized carbons (Fsp3) is 0.667. The molecule has 1 aromatic heterocycles. The molecule has 0 fully saturated rings. The molecular formula is C12H18F3NO. The lowest BCUT2D eigenvalue weighted by atomic mass is 10.0. The van der Waals surface area contributed by atoms with Crippen LogP contribution in [0, 0.1) is 6.92 Å². The number of alkyl halides is 3. The van der Waals surface area contributed by atoms with Crippen LogP contribution < -0.4 is 5.32 Å². The lowest BCUT2D eigenvalue weighted by Crippen LogP contribution is -2.24. The Morgan fingerprint density at radius 2 is 2.12 bits per heavy atom. The van der Waals surface area contributed by atoms with E-state index in [1.54, 1.807) is 13.0 Å². The molecular weight excluding hydrogens is 231 g/mol. The van der Waals surface area contributed by atoms with Gasteiger partial charge in [0.25, 0.3) is 0 Å². The molecule has 98 valence electrons. The van der Waals surface area contributed by atoms with Gasteiger partial charge in [-0.3, -0.25) is 0 Å². The molecule has 2 nitrogen and oxygen atoms in total. The smallest absolute Gasteiger partial charge is 0.389 e. The van der Waals surface area contributed by atoms with Crippen LogP contribution in [0.2, 0.25) is 0 Å². The van der Waals surface area contributed by atoms with Gasteiger partial charge in [0, 0.05) is 18.0 Å². The first-order valence-corrected chi connectivity index (χ1v) is 5.78. The van der Waals surface area contributed by atoms with Crippen molar-refractivity contribution in [2.24, 2.45) is 0 Å². The van der Waals surface area contributed by atoms with Crippen molar-refractivity contribution in [3.63, 3.8) is 0 Å². The molecule has 0 saturated heterocycles. The van der Waals surface area contributed by atoms with Crippen molar-refractivity contribution in [2.75, 3.05) is 6.54 Å². The van der Waals surface area contributed by atoms with Crippen molar-refractivity contribution in [1.29, 1.82) is 0 Å². The second kappa shape index (κ2) is 6.10. The Labute approximate surface area is 99.2 Å². The minimum Gasteiger partial charge on any atom is -0.469 e. The number of furan rings is 1. The van der Waals surface area contributed by atoms with E-state index < -0.39 is 12.6 Å². The van der Waals surface area contributed by atoms with E-state index in [-0.39, 0.29) is 12.5 Å². The quantitative estimate of drug-likeness (QED) is 0.825. The Morgan fingerprint density at radius 1 is 1.41 bits per heavy atom. The third-order valence-electron chi connectivity index (χ3n) is 2.63. The number of hydrogen-bond donors (Lipinski definition) is 1. The van der Waals surface area contributed by atoms with E-state index >= 15 is 0 Å². The Morgan fingerprint density at radius 3 is 2.59 bits per heavy atom. The number of nitrogens with one attached hydrogen (secondary N) is 1. The normalized spacial score (nSPS) is 13.9. The molecule has 0 aromatic carbocycles. The van der Waals surface area contributed by atoms with Crippen LogP contribution in [0.25, 0.3) is 0 Å². The maximum Gasteiger partial charge on any atom is 0.389 e. The number of aryl methyl sites for hydroxylation is 1. The zero-order chi connectivity index (χ0) is 12.9. The Balaban J connectivity index is 2.64. The van der Waals surface area contributed by atoms with E-state index in [2.05, 4.69) is 5.32 Å². The van der Waals surface area contributed by atoms with Gasteiger partial charge < -0.3 is 9.73 Å². The molecule has 0 spiro atoms. The summed E-state index contributed by atoms with van der Waals surface area (Å²) >= 11 is 0. The van der Waals surface area contributed by atoms with Gasteiger partial charge in [-0.15, -0.1) is 0 Å². The van der Waals surface area contributed by atoms with Crippen LogP contribution in [0.5, 0.6) is 0 Å². The van der Waals surface area contributed by atoms with Gasteiger partial charge in [0.1, 0.15) is 5.76 Å². The van der Waals surface area contributed by atoms with Crippen molar-refractivity contribution in [3.8, 4) is 0 Å². The molecule has 1 unspecified atom stereocenters. The highest BCUT2D eigenvalue weighted by Gasteiger charge is 2.29. The van der Waals surface area contributed by atoms with Gasteiger partial charge in [-0.1, -0.05) is 6.92 Å². The Bertz CT molecular complexity index is 333. The molecule has 1 atom stereocenters. The molecule has 0 radical (unpaired) electrons. The first kappa shape index (κ1) is 14.1. The van der Waals surface area contributed by atoms with Crippen molar-refractivity contribution in [1.82, 2.24) is 5.32 Å².